The van der Waals surface area contributed by atoms with Crippen LogP contribution in [0.15, 0.2) is 18.3 Å². The zero-order valence-electron chi connectivity index (χ0n) is 9.04. The van der Waals surface area contributed by atoms with E-state index in [1.807, 2.05) is 0 Å². The van der Waals surface area contributed by atoms with Crippen LogP contribution in [0.1, 0.15) is 26.2 Å². The summed E-state index contributed by atoms with van der Waals surface area (Å²) in [7, 11) is 0. The molecule has 0 fully saturated rings. The van der Waals surface area contributed by atoms with Gasteiger partial charge < -0.3 is 11.1 Å². The molecule has 0 radical (unpaired) electrons. The van der Waals surface area contributed by atoms with E-state index in [-0.39, 0.29) is 11.9 Å². The normalized spacial score (nSPS) is 12.5. The smallest absolute Gasteiger partial charge is 0.141 e. The van der Waals surface area contributed by atoms with Crippen molar-refractivity contribution in [1.82, 2.24) is 4.98 Å². The minimum absolute atomic E-state index is 0.225. The number of rotatable bonds is 6. The summed E-state index contributed by atoms with van der Waals surface area (Å²) < 4.78 is 12.6. The Kier molecular flexibility index (Phi) is 5.04. The van der Waals surface area contributed by atoms with Gasteiger partial charge in [-0.05, 0) is 18.6 Å². The quantitative estimate of drug-likeness (QED) is 0.758. The van der Waals surface area contributed by atoms with Crippen molar-refractivity contribution in [2.75, 3.05) is 11.9 Å². The predicted octanol–water partition coefficient (Wildman–Crippen LogP) is 2.15. The van der Waals surface area contributed by atoms with Crippen molar-refractivity contribution in [3.05, 3.63) is 24.1 Å². The number of hydrogen-bond acceptors (Lipinski definition) is 3. The minimum atomic E-state index is -0.321. The Balaban J connectivity index is 2.47. The SMILES string of the molecule is CCCCC(CN)Nc1ccc(F)cn1. The predicted molar refractivity (Wildman–Crippen MR) is 60.2 cm³/mol. The average Bonchev–Trinajstić information content (AvgIpc) is 2.27. The first kappa shape index (κ1) is 11.9. The highest BCUT2D eigenvalue weighted by Gasteiger charge is 2.06. The highest BCUT2D eigenvalue weighted by Crippen LogP contribution is 2.08. The maximum atomic E-state index is 12.6. The molecular formula is C11H18FN3. The Labute approximate surface area is 89.9 Å². The van der Waals surface area contributed by atoms with E-state index < -0.39 is 0 Å². The van der Waals surface area contributed by atoms with E-state index in [4.69, 9.17) is 5.73 Å². The number of nitrogens with zero attached hydrogens (tertiary/aromatic N) is 1. The lowest BCUT2D eigenvalue weighted by molar-refractivity contribution is 0.607. The fourth-order valence-corrected chi connectivity index (χ4v) is 1.37. The van der Waals surface area contributed by atoms with Gasteiger partial charge in [0, 0.05) is 12.6 Å². The zero-order valence-corrected chi connectivity index (χ0v) is 9.04. The molecule has 4 heteroatoms. The van der Waals surface area contributed by atoms with Gasteiger partial charge in [-0.25, -0.2) is 9.37 Å². The van der Waals surface area contributed by atoms with Gasteiger partial charge in [0.25, 0.3) is 0 Å². The number of halogens is 1. The topological polar surface area (TPSA) is 50.9 Å². The molecule has 0 aliphatic carbocycles. The second-order valence-electron chi connectivity index (χ2n) is 3.58. The van der Waals surface area contributed by atoms with Crippen molar-refractivity contribution in [3.8, 4) is 0 Å². The largest absolute Gasteiger partial charge is 0.366 e. The van der Waals surface area contributed by atoms with Gasteiger partial charge in [-0.2, -0.15) is 0 Å². The average molecular weight is 211 g/mol. The molecule has 0 aromatic carbocycles. The van der Waals surface area contributed by atoms with E-state index in [1.165, 1.54) is 12.3 Å². The summed E-state index contributed by atoms with van der Waals surface area (Å²) in [6, 6.07) is 3.25. The van der Waals surface area contributed by atoms with E-state index in [2.05, 4.69) is 17.2 Å². The Morgan fingerprint density at radius 3 is 2.87 bits per heavy atom. The molecule has 3 nitrogen and oxygen atoms in total. The fraction of sp³-hybridized carbons (Fsp3) is 0.545. The first-order chi connectivity index (χ1) is 7.26. The molecule has 84 valence electrons. The molecular weight excluding hydrogens is 193 g/mol. The molecule has 0 amide bonds. The molecule has 1 unspecified atom stereocenters. The number of pyridine rings is 1. The van der Waals surface area contributed by atoms with Gasteiger partial charge in [0.2, 0.25) is 0 Å². The lowest BCUT2D eigenvalue weighted by Gasteiger charge is -2.16. The number of unbranched alkanes of at least 4 members (excludes halogenated alkanes) is 1. The molecule has 3 N–H and O–H groups in total. The third-order valence-corrected chi connectivity index (χ3v) is 2.27. The summed E-state index contributed by atoms with van der Waals surface area (Å²) >= 11 is 0. The zero-order chi connectivity index (χ0) is 11.1. The Morgan fingerprint density at radius 2 is 2.33 bits per heavy atom. The second-order valence-corrected chi connectivity index (χ2v) is 3.58. The van der Waals surface area contributed by atoms with E-state index in [1.54, 1.807) is 6.07 Å². The van der Waals surface area contributed by atoms with Crippen LogP contribution in [-0.2, 0) is 0 Å². The van der Waals surface area contributed by atoms with E-state index in [0.717, 1.165) is 19.3 Å². The number of aromatic nitrogens is 1. The highest BCUT2D eigenvalue weighted by molar-refractivity contribution is 5.34. The van der Waals surface area contributed by atoms with Crippen LogP contribution >= 0.6 is 0 Å². The van der Waals surface area contributed by atoms with Crippen molar-refractivity contribution in [2.45, 2.75) is 32.2 Å². The molecule has 0 saturated carbocycles. The number of anilines is 1. The van der Waals surface area contributed by atoms with Gasteiger partial charge in [-0.1, -0.05) is 19.8 Å². The molecule has 0 aliphatic rings. The van der Waals surface area contributed by atoms with Crippen LogP contribution in [0.25, 0.3) is 0 Å². The van der Waals surface area contributed by atoms with E-state index in [9.17, 15) is 4.39 Å². The Morgan fingerprint density at radius 1 is 1.53 bits per heavy atom. The lowest BCUT2D eigenvalue weighted by Crippen LogP contribution is -2.29. The maximum Gasteiger partial charge on any atom is 0.141 e. The molecule has 0 aliphatic heterocycles. The van der Waals surface area contributed by atoms with Gasteiger partial charge in [-0.3, -0.25) is 0 Å². The van der Waals surface area contributed by atoms with Gasteiger partial charge in [0.15, 0.2) is 0 Å². The monoisotopic (exact) mass is 211 g/mol. The van der Waals surface area contributed by atoms with Crippen molar-refractivity contribution >= 4 is 5.82 Å². The molecule has 1 aromatic heterocycles. The third-order valence-electron chi connectivity index (χ3n) is 2.27. The Bertz CT molecular complexity index is 274. The third kappa shape index (κ3) is 4.25. The van der Waals surface area contributed by atoms with Crippen molar-refractivity contribution < 1.29 is 4.39 Å². The lowest BCUT2D eigenvalue weighted by atomic mass is 10.1. The summed E-state index contributed by atoms with van der Waals surface area (Å²) in [5.74, 6) is 0.362. The van der Waals surface area contributed by atoms with E-state index >= 15 is 0 Å². The van der Waals surface area contributed by atoms with Crippen LogP contribution in [0.2, 0.25) is 0 Å². The van der Waals surface area contributed by atoms with Crippen molar-refractivity contribution in [2.24, 2.45) is 5.73 Å². The summed E-state index contributed by atoms with van der Waals surface area (Å²) in [6.45, 7) is 2.71. The summed E-state index contributed by atoms with van der Waals surface area (Å²) in [4.78, 5) is 3.93. The van der Waals surface area contributed by atoms with Crippen molar-refractivity contribution in [3.63, 3.8) is 0 Å². The molecule has 1 atom stereocenters. The fourth-order valence-electron chi connectivity index (χ4n) is 1.37. The number of hydrogen-bond donors (Lipinski definition) is 2. The number of nitrogens with one attached hydrogen (secondary N) is 1. The number of nitrogens with two attached hydrogens (primary N) is 1. The molecule has 0 bridgehead atoms. The van der Waals surface area contributed by atoms with Gasteiger partial charge >= 0.3 is 0 Å². The summed E-state index contributed by atoms with van der Waals surface area (Å²) in [5.41, 5.74) is 5.63. The first-order valence-corrected chi connectivity index (χ1v) is 5.34. The Hall–Kier alpha value is -1.16. The molecule has 1 rings (SSSR count). The minimum Gasteiger partial charge on any atom is -0.366 e. The van der Waals surface area contributed by atoms with Gasteiger partial charge in [0.1, 0.15) is 11.6 Å². The molecule has 0 saturated heterocycles. The highest BCUT2D eigenvalue weighted by atomic mass is 19.1. The van der Waals surface area contributed by atoms with Crippen LogP contribution in [0.5, 0.6) is 0 Å². The second kappa shape index (κ2) is 6.35. The van der Waals surface area contributed by atoms with Crippen LogP contribution in [0.3, 0.4) is 0 Å². The summed E-state index contributed by atoms with van der Waals surface area (Å²) in [5, 5.41) is 3.19. The summed E-state index contributed by atoms with van der Waals surface area (Å²) in [6.07, 6.45) is 4.51. The first-order valence-electron chi connectivity index (χ1n) is 5.34. The maximum absolute atomic E-state index is 12.6. The van der Waals surface area contributed by atoms with E-state index in [0.29, 0.717) is 12.4 Å². The van der Waals surface area contributed by atoms with Crippen LogP contribution < -0.4 is 11.1 Å². The van der Waals surface area contributed by atoms with Crippen LogP contribution in [0.4, 0.5) is 10.2 Å². The van der Waals surface area contributed by atoms with Gasteiger partial charge in [-0.15, -0.1) is 0 Å². The molecule has 1 aromatic rings. The standard InChI is InChI=1S/C11H18FN3/c1-2-3-4-10(7-13)15-11-6-5-9(12)8-14-11/h5-6,8,10H,2-4,7,13H2,1H3,(H,14,15). The van der Waals surface area contributed by atoms with Crippen LogP contribution in [-0.4, -0.2) is 17.6 Å². The van der Waals surface area contributed by atoms with Crippen LogP contribution in [0, 0.1) is 5.82 Å². The van der Waals surface area contributed by atoms with Crippen molar-refractivity contribution in [1.29, 1.82) is 0 Å². The molecule has 0 spiro atoms. The molecule has 1 heterocycles. The molecule has 15 heavy (non-hydrogen) atoms. The van der Waals surface area contributed by atoms with Gasteiger partial charge in [0.05, 0.1) is 6.20 Å².